The fourth-order valence-corrected chi connectivity index (χ4v) is 2.04. The molecule has 3 nitrogen and oxygen atoms in total. The second-order valence-electron chi connectivity index (χ2n) is 5.27. The van der Waals surface area contributed by atoms with Crippen LogP contribution in [0.1, 0.15) is 45.6 Å². The first-order valence-corrected chi connectivity index (χ1v) is 7.35. The van der Waals surface area contributed by atoms with E-state index in [1.807, 2.05) is 13.8 Å². The SMILES string of the molecule is CCCNc1cc(C(F)(F)F)cc(N(C)C(C)CCC)n1. The van der Waals surface area contributed by atoms with E-state index >= 15 is 0 Å². The summed E-state index contributed by atoms with van der Waals surface area (Å²) < 4.78 is 39.0. The topological polar surface area (TPSA) is 28.2 Å². The predicted molar refractivity (Wildman–Crippen MR) is 80.8 cm³/mol. The summed E-state index contributed by atoms with van der Waals surface area (Å²) in [5, 5.41) is 2.94. The Kier molecular flexibility index (Phi) is 6.30. The van der Waals surface area contributed by atoms with Crippen LogP contribution >= 0.6 is 0 Å². The lowest BCUT2D eigenvalue weighted by molar-refractivity contribution is -0.137. The molecule has 0 radical (unpaired) electrons. The zero-order chi connectivity index (χ0) is 16.0. The first kappa shape index (κ1) is 17.6. The second-order valence-corrected chi connectivity index (χ2v) is 5.27. The summed E-state index contributed by atoms with van der Waals surface area (Å²) >= 11 is 0. The molecule has 1 N–H and O–H groups in total. The summed E-state index contributed by atoms with van der Waals surface area (Å²) in [4.78, 5) is 6.10. The molecule has 1 atom stereocenters. The number of aromatic nitrogens is 1. The van der Waals surface area contributed by atoms with Gasteiger partial charge in [0.1, 0.15) is 11.6 Å². The number of hydrogen-bond donors (Lipinski definition) is 1. The van der Waals surface area contributed by atoms with Crippen LogP contribution in [0, 0.1) is 0 Å². The summed E-state index contributed by atoms with van der Waals surface area (Å²) in [5.74, 6) is 0.626. The number of anilines is 2. The van der Waals surface area contributed by atoms with E-state index in [0.717, 1.165) is 31.4 Å². The minimum atomic E-state index is -4.37. The molecule has 0 aliphatic heterocycles. The van der Waals surface area contributed by atoms with E-state index in [4.69, 9.17) is 0 Å². The Morgan fingerprint density at radius 1 is 1.24 bits per heavy atom. The number of alkyl halides is 3. The Bertz CT molecular complexity index is 446. The Morgan fingerprint density at radius 3 is 2.43 bits per heavy atom. The van der Waals surface area contributed by atoms with Crippen LogP contribution in [0.4, 0.5) is 24.8 Å². The highest BCUT2D eigenvalue weighted by Crippen LogP contribution is 2.33. The van der Waals surface area contributed by atoms with Crippen molar-refractivity contribution >= 4 is 11.6 Å². The monoisotopic (exact) mass is 303 g/mol. The van der Waals surface area contributed by atoms with Crippen molar-refractivity contribution in [1.82, 2.24) is 4.98 Å². The number of nitrogens with one attached hydrogen (secondary N) is 1. The van der Waals surface area contributed by atoms with Gasteiger partial charge in [0.05, 0.1) is 5.56 Å². The molecule has 0 aromatic carbocycles. The van der Waals surface area contributed by atoms with Gasteiger partial charge in [-0.25, -0.2) is 4.98 Å². The number of pyridine rings is 1. The largest absolute Gasteiger partial charge is 0.416 e. The molecule has 1 heterocycles. The van der Waals surface area contributed by atoms with Gasteiger partial charge in [-0.1, -0.05) is 20.3 Å². The van der Waals surface area contributed by atoms with Crippen molar-refractivity contribution in [3.8, 4) is 0 Å². The van der Waals surface area contributed by atoms with Crippen LogP contribution in [0.15, 0.2) is 12.1 Å². The van der Waals surface area contributed by atoms with Gasteiger partial charge in [-0.3, -0.25) is 0 Å². The number of rotatable bonds is 7. The molecule has 1 aromatic rings. The van der Waals surface area contributed by atoms with Crippen molar-refractivity contribution in [2.24, 2.45) is 0 Å². The maximum atomic E-state index is 13.0. The summed E-state index contributed by atoms with van der Waals surface area (Å²) in [5.41, 5.74) is -0.665. The molecule has 0 spiro atoms. The summed E-state index contributed by atoms with van der Waals surface area (Å²) in [7, 11) is 1.78. The van der Waals surface area contributed by atoms with Crippen molar-refractivity contribution in [2.75, 3.05) is 23.8 Å². The van der Waals surface area contributed by atoms with Crippen LogP contribution in [0.25, 0.3) is 0 Å². The van der Waals surface area contributed by atoms with Gasteiger partial charge in [-0.05, 0) is 31.9 Å². The summed E-state index contributed by atoms with van der Waals surface area (Å²) in [6, 6.07) is 2.32. The molecule has 120 valence electrons. The predicted octanol–water partition coefficient (Wildman–Crippen LogP) is 4.55. The maximum Gasteiger partial charge on any atom is 0.416 e. The lowest BCUT2D eigenvalue weighted by Crippen LogP contribution is -2.30. The van der Waals surface area contributed by atoms with Crippen LogP contribution < -0.4 is 10.2 Å². The van der Waals surface area contributed by atoms with Crippen LogP contribution in [-0.2, 0) is 6.18 Å². The van der Waals surface area contributed by atoms with E-state index in [1.54, 1.807) is 11.9 Å². The third kappa shape index (κ3) is 5.10. The molecule has 0 amide bonds. The minimum absolute atomic E-state index is 0.144. The van der Waals surface area contributed by atoms with Crippen molar-refractivity contribution in [3.63, 3.8) is 0 Å². The summed E-state index contributed by atoms with van der Waals surface area (Å²) in [6.07, 6.45) is -1.65. The van der Waals surface area contributed by atoms with E-state index in [9.17, 15) is 13.2 Å². The first-order valence-electron chi connectivity index (χ1n) is 7.35. The van der Waals surface area contributed by atoms with Crippen molar-refractivity contribution in [2.45, 2.75) is 52.3 Å². The van der Waals surface area contributed by atoms with E-state index < -0.39 is 11.7 Å². The Balaban J connectivity index is 3.11. The van der Waals surface area contributed by atoms with E-state index in [0.29, 0.717) is 12.4 Å². The van der Waals surface area contributed by atoms with E-state index in [1.165, 1.54) is 0 Å². The molecule has 0 aliphatic rings. The lowest BCUT2D eigenvalue weighted by atomic mass is 10.1. The third-order valence-corrected chi connectivity index (χ3v) is 3.42. The Labute approximate surface area is 124 Å². The third-order valence-electron chi connectivity index (χ3n) is 3.42. The van der Waals surface area contributed by atoms with Gasteiger partial charge >= 0.3 is 6.18 Å². The Hall–Kier alpha value is -1.46. The van der Waals surface area contributed by atoms with E-state index in [2.05, 4.69) is 17.2 Å². The Morgan fingerprint density at radius 2 is 1.90 bits per heavy atom. The fraction of sp³-hybridized carbons (Fsp3) is 0.667. The maximum absolute atomic E-state index is 13.0. The van der Waals surface area contributed by atoms with Crippen LogP contribution in [0.3, 0.4) is 0 Å². The van der Waals surface area contributed by atoms with Gasteiger partial charge in [-0.15, -0.1) is 0 Å². The zero-order valence-corrected chi connectivity index (χ0v) is 13.1. The van der Waals surface area contributed by atoms with Gasteiger partial charge in [0.2, 0.25) is 0 Å². The normalized spacial score (nSPS) is 13.1. The number of halogens is 3. The van der Waals surface area contributed by atoms with Crippen molar-refractivity contribution in [3.05, 3.63) is 17.7 Å². The molecule has 1 aromatic heterocycles. The van der Waals surface area contributed by atoms with Crippen molar-refractivity contribution < 1.29 is 13.2 Å². The smallest absolute Gasteiger partial charge is 0.370 e. The molecule has 0 saturated heterocycles. The average Bonchev–Trinajstić information content (AvgIpc) is 2.43. The molecule has 1 rings (SSSR count). The number of nitrogens with zero attached hydrogens (tertiary/aromatic N) is 2. The quantitative estimate of drug-likeness (QED) is 0.801. The fourth-order valence-electron chi connectivity index (χ4n) is 2.04. The van der Waals surface area contributed by atoms with Crippen LogP contribution in [0.2, 0.25) is 0 Å². The van der Waals surface area contributed by atoms with Crippen molar-refractivity contribution in [1.29, 1.82) is 0 Å². The van der Waals surface area contributed by atoms with E-state index in [-0.39, 0.29) is 11.9 Å². The zero-order valence-electron chi connectivity index (χ0n) is 13.1. The molecular formula is C15H24F3N3. The highest BCUT2D eigenvalue weighted by Gasteiger charge is 2.32. The van der Waals surface area contributed by atoms with Gasteiger partial charge in [0.25, 0.3) is 0 Å². The average molecular weight is 303 g/mol. The molecule has 0 bridgehead atoms. The number of hydrogen-bond acceptors (Lipinski definition) is 3. The van der Waals surface area contributed by atoms with Gasteiger partial charge < -0.3 is 10.2 Å². The minimum Gasteiger partial charge on any atom is -0.370 e. The van der Waals surface area contributed by atoms with Gasteiger partial charge in [0.15, 0.2) is 0 Å². The van der Waals surface area contributed by atoms with Crippen LogP contribution in [-0.4, -0.2) is 24.6 Å². The molecule has 0 aliphatic carbocycles. The second kappa shape index (κ2) is 7.52. The summed E-state index contributed by atoms with van der Waals surface area (Å²) in [6.45, 7) is 6.60. The molecule has 21 heavy (non-hydrogen) atoms. The molecule has 0 saturated carbocycles. The first-order chi connectivity index (χ1) is 9.79. The van der Waals surface area contributed by atoms with Gasteiger partial charge in [0, 0.05) is 19.6 Å². The van der Waals surface area contributed by atoms with Gasteiger partial charge in [-0.2, -0.15) is 13.2 Å². The lowest BCUT2D eigenvalue weighted by Gasteiger charge is -2.27. The molecule has 6 heteroatoms. The standard InChI is InChI=1S/C15H24F3N3/c1-5-7-11(3)21(4)14-10-12(15(16,17)18)9-13(20-14)19-8-6-2/h9-11H,5-8H2,1-4H3,(H,19,20). The molecular weight excluding hydrogens is 279 g/mol. The van der Waals surface area contributed by atoms with Crippen LogP contribution in [0.5, 0.6) is 0 Å². The molecule has 0 fully saturated rings. The molecule has 1 unspecified atom stereocenters. The highest BCUT2D eigenvalue weighted by molar-refractivity contribution is 5.51. The highest BCUT2D eigenvalue weighted by atomic mass is 19.4.